The molecule has 0 radical (unpaired) electrons. The summed E-state index contributed by atoms with van der Waals surface area (Å²) in [7, 11) is 0. The van der Waals surface area contributed by atoms with E-state index in [9.17, 15) is 9.59 Å². The lowest BCUT2D eigenvalue weighted by atomic mass is 10.0. The van der Waals surface area contributed by atoms with Crippen molar-refractivity contribution in [3.05, 3.63) is 35.4 Å². The zero-order valence-electron chi connectivity index (χ0n) is 13.8. The molecule has 1 saturated heterocycles. The fraction of sp³-hybridized carbons (Fsp3) is 0.529. The van der Waals surface area contributed by atoms with Crippen molar-refractivity contribution < 1.29 is 19.4 Å². The summed E-state index contributed by atoms with van der Waals surface area (Å²) in [5.74, 6) is -0.939. The largest absolute Gasteiger partial charge is 0.478 e. The lowest BCUT2D eigenvalue weighted by Gasteiger charge is -2.37. The fourth-order valence-electron chi connectivity index (χ4n) is 2.56. The summed E-state index contributed by atoms with van der Waals surface area (Å²) in [6.07, 6.45) is 0.359. The molecular weight excluding hydrogens is 296 g/mol. The van der Waals surface area contributed by atoms with Crippen molar-refractivity contribution in [2.24, 2.45) is 0 Å². The minimum Gasteiger partial charge on any atom is -0.478 e. The van der Waals surface area contributed by atoms with Gasteiger partial charge in [-0.05, 0) is 44.9 Å². The van der Waals surface area contributed by atoms with E-state index in [1.807, 2.05) is 20.8 Å². The molecule has 2 rings (SSSR count). The minimum absolute atomic E-state index is 0.00530. The third-order valence-corrected chi connectivity index (χ3v) is 3.65. The Hall–Kier alpha value is -2.08. The molecule has 126 valence electrons. The summed E-state index contributed by atoms with van der Waals surface area (Å²) in [5.41, 5.74) is 0.743. The highest BCUT2D eigenvalue weighted by atomic mass is 16.6. The number of nitrogens with zero attached hydrogens (tertiary/aromatic N) is 1. The van der Waals surface area contributed by atoms with Crippen molar-refractivity contribution in [3.63, 3.8) is 0 Å². The summed E-state index contributed by atoms with van der Waals surface area (Å²) in [6.45, 7) is 7.60. The van der Waals surface area contributed by atoms with Crippen molar-refractivity contribution in [2.75, 3.05) is 19.6 Å². The van der Waals surface area contributed by atoms with Crippen LogP contribution in [0.15, 0.2) is 24.3 Å². The van der Waals surface area contributed by atoms with Gasteiger partial charge in [-0.15, -0.1) is 0 Å². The first-order valence-electron chi connectivity index (χ1n) is 7.79. The van der Waals surface area contributed by atoms with Crippen molar-refractivity contribution in [1.82, 2.24) is 10.2 Å². The van der Waals surface area contributed by atoms with Crippen LogP contribution in [0.3, 0.4) is 0 Å². The summed E-state index contributed by atoms with van der Waals surface area (Å²) >= 11 is 0. The highest BCUT2D eigenvalue weighted by Gasteiger charge is 2.30. The number of piperazine rings is 1. The number of nitrogens with one attached hydrogen (secondary N) is 1. The van der Waals surface area contributed by atoms with Gasteiger partial charge in [-0.2, -0.15) is 0 Å². The van der Waals surface area contributed by atoms with Crippen LogP contribution in [-0.4, -0.2) is 53.3 Å². The maximum atomic E-state index is 12.4. The van der Waals surface area contributed by atoms with Gasteiger partial charge in [0, 0.05) is 19.6 Å². The van der Waals surface area contributed by atoms with Crippen LogP contribution in [0.1, 0.15) is 36.7 Å². The first kappa shape index (κ1) is 17.3. The fourth-order valence-corrected chi connectivity index (χ4v) is 2.56. The molecule has 1 aliphatic heterocycles. The molecule has 1 heterocycles. The summed E-state index contributed by atoms with van der Waals surface area (Å²) in [5, 5.41) is 12.2. The average molecular weight is 320 g/mol. The minimum atomic E-state index is -0.939. The van der Waals surface area contributed by atoms with Gasteiger partial charge in [0.05, 0.1) is 11.6 Å². The number of aromatic carboxylic acids is 1. The van der Waals surface area contributed by atoms with Crippen LogP contribution in [0.2, 0.25) is 0 Å². The Morgan fingerprint density at radius 3 is 2.52 bits per heavy atom. The first-order valence-corrected chi connectivity index (χ1v) is 7.79. The van der Waals surface area contributed by atoms with E-state index in [0.29, 0.717) is 19.5 Å². The van der Waals surface area contributed by atoms with Crippen molar-refractivity contribution >= 4 is 12.1 Å². The van der Waals surface area contributed by atoms with E-state index in [1.54, 1.807) is 29.2 Å². The van der Waals surface area contributed by atoms with Crippen molar-refractivity contribution in [1.29, 1.82) is 0 Å². The third kappa shape index (κ3) is 4.96. The summed E-state index contributed by atoms with van der Waals surface area (Å²) in [6, 6.07) is 6.77. The number of carbonyl (C=O) groups excluding carboxylic acids is 1. The van der Waals surface area contributed by atoms with Crippen molar-refractivity contribution in [2.45, 2.75) is 38.8 Å². The number of carbonyl (C=O) groups is 2. The monoisotopic (exact) mass is 320 g/mol. The molecule has 6 nitrogen and oxygen atoms in total. The molecule has 0 aliphatic carbocycles. The molecule has 1 fully saturated rings. The normalized spacial score (nSPS) is 18.6. The standard InChI is InChI=1S/C17H24N2O4/c1-17(2,3)23-16(22)19-9-8-18-11-14(19)10-12-4-6-13(7-5-12)15(20)21/h4-7,14,18H,8-11H2,1-3H3,(H,20,21). The van der Waals surface area contributed by atoms with Crippen LogP contribution >= 0.6 is 0 Å². The second-order valence-electron chi connectivity index (χ2n) is 6.74. The predicted octanol–water partition coefficient (Wildman–Crippen LogP) is 2.14. The zero-order chi connectivity index (χ0) is 17.0. The third-order valence-electron chi connectivity index (χ3n) is 3.65. The van der Waals surface area contributed by atoms with Gasteiger partial charge in [0.25, 0.3) is 0 Å². The number of hydrogen-bond acceptors (Lipinski definition) is 4. The highest BCUT2D eigenvalue weighted by molar-refractivity contribution is 5.87. The topological polar surface area (TPSA) is 78.9 Å². The molecule has 2 N–H and O–H groups in total. The van der Waals surface area contributed by atoms with E-state index in [2.05, 4.69) is 5.32 Å². The molecule has 6 heteroatoms. The van der Waals surface area contributed by atoms with Gasteiger partial charge in [-0.1, -0.05) is 12.1 Å². The molecule has 0 aromatic heterocycles. The second-order valence-corrected chi connectivity index (χ2v) is 6.74. The van der Waals surface area contributed by atoms with Crippen LogP contribution in [0.25, 0.3) is 0 Å². The predicted molar refractivity (Wildman–Crippen MR) is 86.7 cm³/mol. The Morgan fingerprint density at radius 1 is 1.30 bits per heavy atom. The average Bonchev–Trinajstić information content (AvgIpc) is 2.46. The van der Waals surface area contributed by atoms with E-state index in [-0.39, 0.29) is 17.7 Å². The van der Waals surface area contributed by atoms with Gasteiger partial charge in [0.2, 0.25) is 0 Å². The quantitative estimate of drug-likeness (QED) is 0.892. The van der Waals surface area contributed by atoms with Gasteiger partial charge >= 0.3 is 12.1 Å². The molecule has 1 aromatic rings. The summed E-state index contributed by atoms with van der Waals surface area (Å²) < 4.78 is 5.48. The number of benzene rings is 1. The Bertz CT molecular complexity index is 563. The molecule has 1 atom stereocenters. The van der Waals surface area contributed by atoms with Crippen molar-refractivity contribution in [3.8, 4) is 0 Å². The smallest absolute Gasteiger partial charge is 0.410 e. The number of ether oxygens (including phenoxy) is 1. The van der Waals surface area contributed by atoms with Gasteiger partial charge in [0.15, 0.2) is 0 Å². The number of rotatable bonds is 3. The lowest BCUT2D eigenvalue weighted by Crippen LogP contribution is -2.55. The highest BCUT2D eigenvalue weighted by Crippen LogP contribution is 2.16. The molecule has 0 spiro atoms. The van der Waals surface area contributed by atoms with E-state index in [1.165, 1.54) is 0 Å². The van der Waals surface area contributed by atoms with Gasteiger partial charge in [-0.3, -0.25) is 0 Å². The molecule has 0 saturated carbocycles. The van der Waals surface area contributed by atoms with Gasteiger partial charge < -0.3 is 20.1 Å². The zero-order valence-corrected chi connectivity index (χ0v) is 13.8. The SMILES string of the molecule is CC(C)(C)OC(=O)N1CCNCC1Cc1ccc(C(=O)O)cc1. The molecule has 23 heavy (non-hydrogen) atoms. The Kier molecular flexibility index (Phi) is 5.26. The number of carboxylic acids is 1. The van der Waals surface area contributed by atoms with Crippen LogP contribution in [0, 0.1) is 0 Å². The van der Waals surface area contributed by atoms with Gasteiger partial charge in [-0.25, -0.2) is 9.59 Å². The Labute approximate surface area is 136 Å². The molecule has 1 unspecified atom stereocenters. The Balaban J connectivity index is 2.06. The maximum absolute atomic E-state index is 12.4. The van der Waals surface area contributed by atoms with E-state index < -0.39 is 11.6 Å². The summed E-state index contributed by atoms with van der Waals surface area (Å²) in [4.78, 5) is 25.0. The van der Waals surface area contributed by atoms with Crippen LogP contribution in [0.5, 0.6) is 0 Å². The van der Waals surface area contributed by atoms with E-state index in [0.717, 1.165) is 12.1 Å². The van der Waals surface area contributed by atoms with Crippen LogP contribution in [-0.2, 0) is 11.2 Å². The molecule has 1 aliphatic rings. The Morgan fingerprint density at radius 2 is 1.96 bits per heavy atom. The van der Waals surface area contributed by atoms with Gasteiger partial charge in [0.1, 0.15) is 5.60 Å². The number of carboxylic acid groups (broad SMARTS) is 1. The number of hydrogen-bond donors (Lipinski definition) is 2. The van der Waals surface area contributed by atoms with E-state index in [4.69, 9.17) is 9.84 Å². The molecule has 1 aromatic carbocycles. The second kappa shape index (κ2) is 7.00. The maximum Gasteiger partial charge on any atom is 0.410 e. The lowest BCUT2D eigenvalue weighted by molar-refractivity contribution is 0.0122. The van der Waals surface area contributed by atoms with Crippen LogP contribution < -0.4 is 5.32 Å². The van der Waals surface area contributed by atoms with E-state index >= 15 is 0 Å². The number of amides is 1. The molecule has 1 amide bonds. The first-order chi connectivity index (χ1) is 10.8. The molecule has 0 bridgehead atoms. The molecular formula is C17H24N2O4. The van der Waals surface area contributed by atoms with Crippen LogP contribution in [0.4, 0.5) is 4.79 Å².